The van der Waals surface area contributed by atoms with Crippen LogP contribution in [0.1, 0.15) is 25.7 Å². The quantitative estimate of drug-likeness (QED) is 0.409. The largest absolute Gasteiger partial charge is 0.462 e. The van der Waals surface area contributed by atoms with Gasteiger partial charge >= 0.3 is 11.9 Å². The molecule has 1 heterocycles. The van der Waals surface area contributed by atoms with Crippen LogP contribution in [0.4, 0.5) is 0 Å². The lowest BCUT2D eigenvalue weighted by molar-refractivity contribution is -0.156. The minimum absolute atomic E-state index is 0.0843. The van der Waals surface area contributed by atoms with Crippen molar-refractivity contribution in [3.63, 3.8) is 0 Å². The predicted octanol–water partition coefficient (Wildman–Crippen LogP) is 0.299. The van der Waals surface area contributed by atoms with Gasteiger partial charge in [0, 0.05) is 6.08 Å². The number of carbonyl (C=O) groups is 2. The van der Waals surface area contributed by atoms with Crippen LogP contribution in [0.15, 0.2) is 12.7 Å². The van der Waals surface area contributed by atoms with Gasteiger partial charge in [-0.05, 0) is 19.3 Å². The molecule has 3 unspecified atom stereocenters. The Kier molecular flexibility index (Phi) is 4.44. The summed E-state index contributed by atoms with van der Waals surface area (Å²) < 4.78 is 37.8. The van der Waals surface area contributed by atoms with Crippen LogP contribution in [-0.4, -0.2) is 44.4 Å². The molecule has 1 saturated carbocycles. The number of hydrogen-bond acceptors (Lipinski definition) is 7. The van der Waals surface area contributed by atoms with E-state index in [0.29, 0.717) is 19.3 Å². The van der Waals surface area contributed by atoms with E-state index in [1.165, 1.54) is 0 Å². The second-order valence-corrected chi connectivity index (χ2v) is 6.56. The second-order valence-electron chi connectivity index (χ2n) is 4.71. The van der Waals surface area contributed by atoms with Crippen molar-refractivity contribution in [3.05, 3.63) is 12.7 Å². The van der Waals surface area contributed by atoms with Crippen molar-refractivity contribution in [1.82, 2.24) is 0 Å². The standard InChI is InChI=1S/C12H16O7S/c1-2-11(13)17-6-5-12(14)18-9-4-3-8-7-10(9)19-20(8,15)16/h2,8-10H,1,3-7H2. The molecule has 0 N–H and O–H groups in total. The first-order valence-electron chi connectivity index (χ1n) is 6.33. The molecule has 3 atom stereocenters. The van der Waals surface area contributed by atoms with Crippen molar-refractivity contribution < 1.29 is 31.7 Å². The van der Waals surface area contributed by atoms with E-state index in [9.17, 15) is 18.0 Å². The van der Waals surface area contributed by atoms with Gasteiger partial charge in [0.05, 0.1) is 11.7 Å². The highest BCUT2D eigenvalue weighted by molar-refractivity contribution is 7.87. The van der Waals surface area contributed by atoms with Crippen LogP contribution in [0.3, 0.4) is 0 Å². The molecule has 8 heteroatoms. The number of hydrogen-bond donors (Lipinski definition) is 0. The molecule has 2 aliphatic rings. The fraction of sp³-hybridized carbons (Fsp3) is 0.667. The summed E-state index contributed by atoms with van der Waals surface area (Å²) in [4.78, 5) is 22.4. The van der Waals surface area contributed by atoms with E-state index in [-0.39, 0.29) is 13.0 Å². The topological polar surface area (TPSA) is 96.0 Å². The maximum absolute atomic E-state index is 11.6. The normalized spacial score (nSPS) is 30.5. The number of esters is 2. The summed E-state index contributed by atoms with van der Waals surface area (Å²) in [6.45, 7) is 3.13. The number of carbonyl (C=O) groups excluding carboxylic acids is 2. The average Bonchev–Trinajstić information content (AvgIpc) is 2.63. The fourth-order valence-corrected chi connectivity index (χ4v) is 3.89. The van der Waals surface area contributed by atoms with Crippen LogP contribution in [0.5, 0.6) is 0 Å². The van der Waals surface area contributed by atoms with Gasteiger partial charge in [0.15, 0.2) is 0 Å². The molecular formula is C12H16O7S. The van der Waals surface area contributed by atoms with Crippen molar-refractivity contribution in [3.8, 4) is 0 Å². The molecule has 112 valence electrons. The summed E-state index contributed by atoms with van der Waals surface area (Å²) >= 11 is 0. The highest BCUT2D eigenvalue weighted by Gasteiger charge is 2.48. The van der Waals surface area contributed by atoms with Crippen molar-refractivity contribution in [2.75, 3.05) is 6.61 Å². The van der Waals surface area contributed by atoms with Crippen molar-refractivity contribution in [1.29, 1.82) is 0 Å². The summed E-state index contributed by atoms with van der Waals surface area (Å²) in [5, 5.41) is -0.476. The van der Waals surface area contributed by atoms with Crippen LogP contribution >= 0.6 is 0 Å². The highest BCUT2D eigenvalue weighted by atomic mass is 32.2. The van der Waals surface area contributed by atoms with Gasteiger partial charge < -0.3 is 9.47 Å². The van der Waals surface area contributed by atoms with Crippen molar-refractivity contribution in [2.45, 2.75) is 43.1 Å². The average molecular weight is 304 g/mol. The Morgan fingerprint density at radius 2 is 2.10 bits per heavy atom. The molecule has 1 aliphatic carbocycles. The molecule has 0 amide bonds. The summed E-state index contributed by atoms with van der Waals surface area (Å²) in [5.41, 5.74) is 0. The Bertz CT molecular complexity index is 510. The molecule has 0 aromatic carbocycles. The van der Waals surface area contributed by atoms with Gasteiger partial charge in [0.2, 0.25) is 0 Å². The van der Waals surface area contributed by atoms with Crippen LogP contribution in [0.2, 0.25) is 0 Å². The van der Waals surface area contributed by atoms with Crippen LogP contribution in [0.25, 0.3) is 0 Å². The minimum Gasteiger partial charge on any atom is -0.462 e. The lowest BCUT2D eigenvalue weighted by atomic mass is 9.94. The molecule has 0 spiro atoms. The van der Waals surface area contributed by atoms with Crippen LogP contribution in [0, 0.1) is 0 Å². The smallest absolute Gasteiger partial charge is 0.330 e. The second kappa shape index (κ2) is 5.92. The monoisotopic (exact) mass is 304 g/mol. The summed E-state index contributed by atoms with van der Waals surface area (Å²) in [6, 6.07) is 0. The molecule has 0 aromatic rings. The summed E-state index contributed by atoms with van der Waals surface area (Å²) in [5.74, 6) is -1.15. The number of fused-ring (bicyclic) bond motifs is 2. The van der Waals surface area contributed by atoms with Gasteiger partial charge in [-0.2, -0.15) is 8.42 Å². The fourth-order valence-electron chi connectivity index (χ4n) is 2.34. The van der Waals surface area contributed by atoms with E-state index in [1.807, 2.05) is 0 Å². The zero-order valence-corrected chi connectivity index (χ0v) is 11.6. The zero-order valence-electron chi connectivity index (χ0n) is 10.8. The van der Waals surface area contributed by atoms with Crippen molar-refractivity contribution in [2.24, 2.45) is 0 Å². The SMILES string of the molecule is C=CC(=O)OCCC(=O)OC1CCC2CC1OS2(=O)=O. The van der Waals surface area contributed by atoms with E-state index < -0.39 is 39.5 Å². The molecule has 2 rings (SSSR count). The number of ether oxygens (including phenoxy) is 2. The Morgan fingerprint density at radius 3 is 2.80 bits per heavy atom. The molecule has 2 bridgehead atoms. The third-order valence-corrected chi connectivity index (χ3v) is 5.11. The van der Waals surface area contributed by atoms with Gasteiger partial charge in [0.25, 0.3) is 10.1 Å². The maximum atomic E-state index is 11.6. The lowest BCUT2D eigenvalue weighted by Crippen LogP contribution is -2.34. The first-order chi connectivity index (χ1) is 9.42. The Morgan fingerprint density at radius 1 is 1.35 bits per heavy atom. The third kappa shape index (κ3) is 3.37. The molecule has 7 nitrogen and oxygen atoms in total. The third-order valence-electron chi connectivity index (χ3n) is 3.35. The van der Waals surface area contributed by atoms with Crippen LogP contribution < -0.4 is 0 Å². The van der Waals surface area contributed by atoms with E-state index in [0.717, 1.165) is 6.08 Å². The van der Waals surface area contributed by atoms with Crippen molar-refractivity contribution >= 4 is 22.1 Å². The van der Waals surface area contributed by atoms with Gasteiger partial charge in [-0.15, -0.1) is 0 Å². The van der Waals surface area contributed by atoms with Crippen LogP contribution in [-0.2, 0) is 33.4 Å². The molecule has 20 heavy (non-hydrogen) atoms. The first kappa shape index (κ1) is 15.0. The molecule has 2 fully saturated rings. The Hall–Kier alpha value is -1.41. The Balaban J connectivity index is 1.78. The van der Waals surface area contributed by atoms with E-state index in [4.69, 9.17) is 8.92 Å². The van der Waals surface area contributed by atoms with Gasteiger partial charge in [-0.1, -0.05) is 6.58 Å². The summed E-state index contributed by atoms with van der Waals surface area (Å²) in [6.07, 6.45) is 1.05. The molecular weight excluding hydrogens is 288 g/mol. The van der Waals surface area contributed by atoms with E-state index >= 15 is 0 Å². The van der Waals surface area contributed by atoms with E-state index in [2.05, 4.69) is 11.3 Å². The van der Waals surface area contributed by atoms with E-state index in [1.54, 1.807) is 0 Å². The maximum Gasteiger partial charge on any atom is 0.330 e. The first-order valence-corrected chi connectivity index (χ1v) is 7.80. The minimum atomic E-state index is -3.50. The summed E-state index contributed by atoms with van der Waals surface area (Å²) in [7, 11) is -3.50. The lowest BCUT2D eigenvalue weighted by Gasteiger charge is -2.25. The molecule has 1 saturated heterocycles. The number of rotatable bonds is 5. The predicted molar refractivity (Wildman–Crippen MR) is 67.1 cm³/mol. The van der Waals surface area contributed by atoms with Gasteiger partial charge in [0.1, 0.15) is 18.8 Å². The molecule has 0 radical (unpaired) electrons. The van der Waals surface area contributed by atoms with Gasteiger partial charge in [-0.3, -0.25) is 8.98 Å². The zero-order chi connectivity index (χ0) is 14.8. The molecule has 0 aromatic heterocycles. The van der Waals surface area contributed by atoms with Gasteiger partial charge in [-0.25, -0.2) is 4.79 Å². The molecule has 1 aliphatic heterocycles. The Labute approximate surface area is 117 Å². The highest BCUT2D eigenvalue weighted by Crippen LogP contribution is 2.37.